The van der Waals surface area contributed by atoms with Crippen LogP contribution in [0.1, 0.15) is 50.1 Å². The first kappa shape index (κ1) is 12.6. The van der Waals surface area contributed by atoms with Crippen molar-refractivity contribution in [2.45, 2.75) is 44.6 Å². The minimum Gasteiger partial charge on any atom is -0.481 e. The number of methoxy groups -OCH3 is 1. The summed E-state index contributed by atoms with van der Waals surface area (Å²) < 4.78 is 5.44. The van der Waals surface area contributed by atoms with Gasteiger partial charge in [-0.3, -0.25) is 0 Å². The van der Waals surface area contributed by atoms with E-state index in [2.05, 4.69) is 11.1 Å². The lowest BCUT2D eigenvalue weighted by Crippen LogP contribution is -2.50. The van der Waals surface area contributed by atoms with E-state index in [0.717, 1.165) is 29.2 Å². The van der Waals surface area contributed by atoms with Crippen molar-refractivity contribution in [1.29, 1.82) is 0 Å². The van der Waals surface area contributed by atoms with E-state index in [1.54, 1.807) is 13.3 Å². The number of nitrogens with zero attached hydrogens (tertiary/aromatic N) is 1. The maximum absolute atomic E-state index is 6.75. The number of rotatable bonds is 3. The summed E-state index contributed by atoms with van der Waals surface area (Å²) in [4.78, 5) is 4.34. The van der Waals surface area contributed by atoms with Gasteiger partial charge in [-0.15, -0.1) is 0 Å². The van der Waals surface area contributed by atoms with Gasteiger partial charge in [0, 0.05) is 17.8 Å². The van der Waals surface area contributed by atoms with Crippen molar-refractivity contribution < 1.29 is 4.74 Å². The second kappa shape index (κ2) is 4.45. The van der Waals surface area contributed by atoms with E-state index in [4.69, 9.17) is 10.5 Å². The maximum Gasteiger partial charge on any atom is 0.217 e. The lowest BCUT2D eigenvalue weighted by molar-refractivity contribution is -0.0681. The highest BCUT2D eigenvalue weighted by atomic mass is 16.5. The molecule has 4 fully saturated rings. The molecule has 1 heterocycles. The van der Waals surface area contributed by atoms with E-state index in [0.29, 0.717) is 5.41 Å². The largest absolute Gasteiger partial charge is 0.481 e. The predicted molar refractivity (Wildman–Crippen MR) is 78.3 cm³/mol. The molecule has 1 aromatic heterocycles. The Kier molecular flexibility index (Phi) is 2.81. The number of ether oxygens (including phenoxy) is 1. The molecule has 3 nitrogen and oxygen atoms in total. The first-order valence-electron chi connectivity index (χ1n) is 7.95. The van der Waals surface area contributed by atoms with Crippen LogP contribution in [0.5, 0.6) is 5.88 Å². The molecule has 0 amide bonds. The minimum atomic E-state index is 0.0829. The Morgan fingerprint density at radius 3 is 2.35 bits per heavy atom. The van der Waals surface area contributed by atoms with Crippen LogP contribution in [0.3, 0.4) is 0 Å². The molecule has 0 spiro atoms. The summed E-state index contributed by atoms with van der Waals surface area (Å²) in [6.45, 7) is 0. The molecule has 2 N–H and O–H groups in total. The van der Waals surface area contributed by atoms with Gasteiger partial charge in [-0.25, -0.2) is 4.98 Å². The molecular formula is C17H24N2O. The molecule has 5 rings (SSSR count). The minimum absolute atomic E-state index is 0.0829. The van der Waals surface area contributed by atoms with Crippen molar-refractivity contribution in [2.75, 3.05) is 7.11 Å². The Bertz CT molecular complexity index is 478. The summed E-state index contributed by atoms with van der Waals surface area (Å²) in [5.74, 6) is 3.50. The summed E-state index contributed by atoms with van der Waals surface area (Å²) in [5.41, 5.74) is 8.17. The third kappa shape index (κ3) is 1.79. The maximum atomic E-state index is 6.75. The first-order chi connectivity index (χ1) is 9.70. The summed E-state index contributed by atoms with van der Waals surface area (Å²) >= 11 is 0. The molecule has 108 valence electrons. The van der Waals surface area contributed by atoms with Gasteiger partial charge in [-0.2, -0.15) is 0 Å². The van der Waals surface area contributed by atoms with E-state index in [9.17, 15) is 0 Å². The zero-order valence-corrected chi connectivity index (χ0v) is 12.2. The van der Waals surface area contributed by atoms with Crippen LogP contribution in [0.2, 0.25) is 0 Å². The molecule has 4 bridgehead atoms. The van der Waals surface area contributed by atoms with Gasteiger partial charge >= 0.3 is 0 Å². The SMILES string of the molecule is COc1ncccc1C(N)C12CC3CC(CC(C3)C1)C2. The normalized spacial score (nSPS) is 39.8. The molecule has 4 aliphatic rings. The van der Waals surface area contributed by atoms with Crippen molar-refractivity contribution in [1.82, 2.24) is 4.98 Å². The molecule has 20 heavy (non-hydrogen) atoms. The second-order valence-corrected chi connectivity index (χ2v) is 7.36. The lowest BCUT2D eigenvalue weighted by Gasteiger charge is -2.59. The Labute approximate surface area is 120 Å². The molecule has 3 heteroatoms. The molecule has 4 aliphatic carbocycles. The number of nitrogens with two attached hydrogens (primary N) is 1. The van der Waals surface area contributed by atoms with Gasteiger partial charge in [0.15, 0.2) is 0 Å². The monoisotopic (exact) mass is 272 g/mol. The molecule has 0 radical (unpaired) electrons. The zero-order valence-electron chi connectivity index (χ0n) is 12.2. The fourth-order valence-electron chi connectivity index (χ4n) is 5.70. The van der Waals surface area contributed by atoms with Crippen molar-refractivity contribution in [3.8, 4) is 5.88 Å². The van der Waals surface area contributed by atoms with E-state index in [1.807, 2.05) is 6.07 Å². The van der Waals surface area contributed by atoms with Gasteiger partial charge in [0.1, 0.15) is 0 Å². The van der Waals surface area contributed by atoms with Crippen LogP contribution in [0.25, 0.3) is 0 Å². The van der Waals surface area contributed by atoms with E-state index >= 15 is 0 Å². The number of aromatic nitrogens is 1. The average molecular weight is 272 g/mol. The highest BCUT2D eigenvalue weighted by molar-refractivity contribution is 5.31. The van der Waals surface area contributed by atoms with Crippen LogP contribution >= 0.6 is 0 Å². The van der Waals surface area contributed by atoms with Crippen molar-refractivity contribution >= 4 is 0 Å². The topological polar surface area (TPSA) is 48.1 Å². The number of hydrogen-bond acceptors (Lipinski definition) is 3. The molecule has 0 aromatic carbocycles. The molecule has 0 aliphatic heterocycles. The van der Waals surface area contributed by atoms with Crippen LogP contribution in [-0.4, -0.2) is 12.1 Å². The highest BCUT2D eigenvalue weighted by Gasteiger charge is 2.54. The van der Waals surface area contributed by atoms with Gasteiger partial charge in [0.2, 0.25) is 5.88 Å². The Morgan fingerprint density at radius 2 is 1.80 bits per heavy atom. The lowest BCUT2D eigenvalue weighted by atomic mass is 9.47. The third-order valence-electron chi connectivity index (χ3n) is 6.07. The molecular weight excluding hydrogens is 248 g/mol. The standard InChI is InChI=1S/C17H24N2O/c1-20-16-14(3-2-4-19-16)15(18)17-8-11-5-12(9-17)7-13(6-11)10-17/h2-4,11-13,15H,5-10,18H2,1H3. The van der Waals surface area contributed by atoms with Crippen LogP contribution in [0.15, 0.2) is 18.3 Å². The zero-order chi connectivity index (χ0) is 13.7. The van der Waals surface area contributed by atoms with Gasteiger partial charge in [-0.1, -0.05) is 6.07 Å². The highest BCUT2D eigenvalue weighted by Crippen LogP contribution is 2.63. The average Bonchev–Trinajstić information content (AvgIpc) is 2.45. The Hall–Kier alpha value is -1.09. The Morgan fingerprint density at radius 1 is 1.20 bits per heavy atom. The summed E-state index contributed by atoms with van der Waals surface area (Å²) in [5, 5.41) is 0. The third-order valence-corrected chi connectivity index (χ3v) is 6.07. The quantitative estimate of drug-likeness (QED) is 0.918. The van der Waals surface area contributed by atoms with E-state index < -0.39 is 0 Å². The van der Waals surface area contributed by atoms with Crippen molar-refractivity contribution in [3.05, 3.63) is 23.9 Å². The smallest absolute Gasteiger partial charge is 0.217 e. The van der Waals surface area contributed by atoms with Crippen LogP contribution < -0.4 is 10.5 Å². The molecule has 1 unspecified atom stereocenters. The molecule has 1 aromatic rings. The van der Waals surface area contributed by atoms with Crippen molar-refractivity contribution in [3.63, 3.8) is 0 Å². The van der Waals surface area contributed by atoms with Crippen molar-refractivity contribution in [2.24, 2.45) is 28.9 Å². The summed E-state index contributed by atoms with van der Waals surface area (Å²) in [6.07, 6.45) is 10.1. The predicted octanol–water partition coefficient (Wildman–Crippen LogP) is 3.31. The van der Waals surface area contributed by atoms with Crippen LogP contribution in [0, 0.1) is 23.2 Å². The molecule has 4 saturated carbocycles. The van der Waals surface area contributed by atoms with Crippen LogP contribution in [-0.2, 0) is 0 Å². The van der Waals surface area contributed by atoms with Gasteiger partial charge < -0.3 is 10.5 Å². The number of hydrogen-bond donors (Lipinski definition) is 1. The fourth-order valence-corrected chi connectivity index (χ4v) is 5.70. The molecule has 1 atom stereocenters. The van der Waals surface area contributed by atoms with Gasteiger partial charge in [-0.05, 0) is 67.8 Å². The molecule has 0 saturated heterocycles. The first-order valence-corrected chi connectivity index (χ1v) is 7.95. The van der Waals surface area contributed by atoms with Gasteiger partial charge in [0.05, 0.1) is 7.11 Å². The summed E-state index contributed by atoms with van der Waals surface area (Å²) in [6, 6.07) is 4.17. The summed E-state index contributed by atoms with van der Waals surface area (Å²) in [7, 11) is 1.69. The van der Waals surface area contributed by atoms with E-state index in [-0.39, 0.29) is 6.04 Å². The van der Waals surface area contributed by atoms with Gasteiger partial charge in [0.25, 0.3) is 0 Å². The van der Waals surface area contributed by atoms with Crippen LogP contribution in [0.4, 0.5) is 0 Å². The number of pyridine rings is 1. The van der Waals surface area contributed by atoms with E-state index in [1.165, 1.54) is 38.5 Å². The Balaban J connectivity index is 1.69. The second-order valence-electron chi connectivity index (χ2n) is 7.36. The fraction of sp³-hybridized carbons (Fsp3) is 0.706.